The fourth-order valence-corrected chi connectivity index (χ4v) is 4.77. The summed E-state index contributed by atoms with van der Waals surface area (Å²) in [5, 5.41) is 9.38. The van der Waals surface area contributed by atoms with E-state index in [2.05, 4.69) is 38.2 Å². The Hall–Kier alpha value is -2.42. The maximum atomic E-state index is 6.65. The number of anilines is 3. The minimum atomic E-state index is 0.195. The van der Waals surface area contributed by atoms with E-state index in [0.717, 1.165) is 66.7 Å². The van der Waals surface area contributed by atoms with Crippen molar-refractivity contribution in [1.29, 1.82) is 0 Å². The summed E-state index contributed by atoms with van der Waals surface area (Å²) in [5.41, 5.74) is 3.02. The smallest absolute Gasteiger partial charge is 0.227 e. The summed E-state index contributed by atoms with van der Waals surface area (Å²) < 4.78 is 7.45. The van der Waals surface area contributed by atoms with Crippen LogP contribution >= 0.6 is 11.6 Å². The molecule has 2 saturated heterocycles. The molecule has 0 atom stereocenters. The number of rotatable bonds is 5. The van der Waals surface area contributed by atoms with Gasteiger partial charge in [0.25, 0.3) is 0 Å². The molecule has 2 aromatic heterocycles. The van der Waals surface area contributed by atoms with Gasteiger partial charge in [-0.3, -0.25) is 9.58 Å². The number of aromatic nitrogens is 4. The number of piperazine rings is 1. The van der Waals surface area contributed by atoms with Crippen LogP contribution in [0.2, 0.25) is 5.02 Å². The highest BCUT2D eigenvalue weighted by atomic mass is 35.5. The molecule has 1 aromatic carbocycles. The Labute approximate surface area is 186 Å². The van der Waals surface area contributed by atoms with Crippen LogP contribution in [0, 0.1) is 0 Å². The van der Waals surface area contributed by atoms with Crippen molar-refractivity contribution >= 4 is 39.8 Å². The lowest BCUT2D eigenvalue weighted by atomic mass is 9.97. The topological polar surface area (TPSA) is 71.3 Å². The monoisotopic (exact) mass is 439 g/mol. The van der Waals surface area contributed by atoms with Crippen LogP contribution in [0.15, 0.2) is 30.7 Å². The van der Waals surface area contributed by atoms with Crippen molar-refractivity contribution in [2.75, 3.05) is 49.6 Å². The highest BCUT2D eigenvalue weighted by Crippen LogP contribution is 2.35. The lowest BCUT2D eigenvalue weighted by Gasteiger charge is -2.50. The Balaban J connectivity index is 1.21. The minimum absolute atomic E-state index is 0.195. The van der Waals surface area contributed by atoms with E-state index in [0.29, 0.717) is 12.0 Å². The molecule has 6 rings (SSSR count). The summed E-state index contributed by atoms with van der Waals surface area (Å²) in [5.74, 6) is 0.568. The molecular weight excluding hydrogens is 414 g/mol. The van der Waals surface area contributed by atoms with Crippen LogP contribution in [0.1, 0.15) is 25.8 Å². The summed E-state index contributed by atoms with van der Waals surface area (Å²) >= 11 is 6.65. The third-order valence-corrected chi connectivity index (χ3v) is 6.94. The molecule has 0 unspecified atom stereocenters. The molecule has 31 heavy (non-hydrogen) atoms. The highest BCUT2D eigenvalue weighted by molar-refractivity contribution is 6.34. The average Bonchev–Trinajstić information content (AvgIpc) is 3.51. The zero-order chi connectivity index (χ0) is 21.0. The van der Waals surface area contributed by atoms with Crippen LogP contribution in [0.25, 0.3) is 10.9 Å². The molecule has 3 aliphatic rings. The third-order valence-electron chi connectivity index (χ3n) is 6.64. The molecule has 0 radical (unpaired) electrons. The summed E-state index contributed by atoms with van der Waals surface area (Å²) in [6.45, 7) is 7.85. The van der Waals surface area contributed by atoms with E-state index in [9.17, 15) is 0 Å². The molecular formula is C22H26ClN7O. The van der Waals surface area contributed by atoms with Gasteiger partial charge >= 0.3 is 0 Å². The Bertz CT molecular complexity index is 1120. The number of halogens is 1. The van der Waals surface area contributed by atoms with Crippen molar-refractivity contribution < 1.29 is 4.74 Å². The molecule has 1 aliphatic carbocycles. The standard InChI is InChI=1S/C22H26ClN7O/c1-22(13-31-14-22)29-6-4-28(5-7-29)20-9-19-15(8-18(20)23)10-24-21(27-19)26-16-11-25-30(12-16)17-2-3-17/h8-12,17H,2-7,13-14H2,1H3,(H,24,26,27). The van der Waals surface area contributed by atoms with Crippen molar-refractivity contribution in [2.24, 2.45) is 0 Å². The molecule has 2 aliphatic heterocycles. The largest absolute Gasteiger partial charge is 0.377 e. The van der Waals surface area contributed by atoms with Gasteiger partial charge in [-0.25, -0.2) is 9.97 Å². The second kappa shape index (κ2) is 7.32. The van der Waals surface area contributed by atoms with Crippen LogP contribution < -0.4 is 10.2 Å². The molecule has 9 heteroatoms. The van der Waals surface area contributed by atoms with Crippen molar-refractivity contribution in [3.63, 3.8) is 0 Å². The summed E-state index contributed by atoms with van der Waals surface area (Å²) in [4.78, 5) is 14.1. The van der Waals surface area contributed by atoms with E-state index in [-0.39, 0.29) is 5.54 Å². The normalized spacial score (nSPS) is 21.3. The highest BCUT2D eigenvalue weighted by Gasteiger charge is 2.40. The Morgan fingerprint density at radius 2 is 1.94 bits per heavy atom. The van der Waals surface area contributed by atoms with Crippen LogP contribution in [-0.2, 0) is 4.74 Å². The second-order valence-corrected chi connectivity index (χ2v) is 9.49. The van der Waals surface area contributed by atoms with Gasteiger partial charge in [0, 0.05) is 44.0 Å². The number of fused-ring (bicyclic) bond motifs is 1. The quantitative estimate of drug-likeness (QED) is 0.652. The van der Waals surface area contributed by atoms with Crippen molar-refractivity contribution in [3.8, 4) is 0 Å². The van der Waals surface area contributed by atoms with E-state index in [1.807, 2.05) is 29.3 Å². The molecule has 0 bridgehead atoms. The van der Waals surface area contributed by atoms with Crippen LogP contribution in [-0.4, -0.2) is 69.6 Å². The minimum Gasteiger partial charge on any atom is -0.377 e. The second-order valence-electron chi connectivity index (χ2n) is 9.09. The van der Waals surface area contributed by atoms with Crippen LogP contribution in [0.3, 0.4) is 0 Å². The van der Waals surface area contributed by atoms with E-state index in [1.54, 1.807) is 0 Å². The molecule has 3 fully saturated rings. The maximum absolute atomic E-state index is 6.65. The fourth-order valence-electron chi connectivity index (χ4n) is 4.48. The zero-order valence-corrected chi connectivity index (χ0v) is 18.3. The number of benzene rings is 1. The number of nitrogens with zero attached hydrogens (tertiary/aromatic N) is 6. The van der Waals surface area contributed by atoms with Gasteiger partial charge in [-0.05, 0) is 31.9 Å². The van der Waals surface area contributed by atoms with Crippen molar-refractivity contribution in [3.05, 3.63) is 35.7 Å². The molecule has 162 valence electrons. The first-order chi connectivity index (χ1) is 15.1. The van der Waals surface area contributed by atoms with Gasteiger partial charge in [-0.15, -0.1) is 0 Å². The first-order valence-electron chi connectivity index (χ1n) is 10.9. The van der Waals surface area contributed by atoms with Gasteiger partial charge in [0.2, 0.25) is 5.95 Å². The van der Waals surface area contributed by atoms with Gasteiger partial charge in [-0.2, -0.15) is 5.10 Å². The maximum Gasteiger partial charge on any atom is 0.227 e. The predicted octanol–water partition coefficient (Wildman–Crippen LogP) is 3.47. The molecule has 0 spiro atoms. The fraction of sp³-hybridized carbons (Fsp3) is 0.500. The third kappa shape index (κ3) is 3.62. The lowest BCUT2D eigenvalue weighted by Crippen LogP contribution is -2.64. The number of hydrogen-bond donors (Lipinski definition) is 1. The summed E-state index contributed by atoms with van der Waals surface area (Å²) in [6, 6.07) is 4.61. The van der Waals surface area contributed by atoms with Gasteiger partial charge < -0.3 is 15.0 Å². The summed E-state index contributed by atoms with van der Waals surface area (Å²) in [7, 11) is 0. The summed E-state index contributed by atoms with van der Waals surface area (Å²) in [6.07, 6.45) is 8.08. The Morgan fingerprint density at radius 3 is 2.65 bits per heavy atom. The first kappa shape index (κ1) is 19.3. The Kier molecular flexibility index (Phi) is 4.55. The number of nitrogens with one attached hydrogen (secondary N) is 1. The zero-order valence-electron chi connectivity index (χ0n) is 17.6. The van der Waals surface area contributed by atoms with Crippen molar-refractivity contribution in [2.45, 2.75) is 31.3 Å². The molecule has 1 N–H and O–H groups in total. The molecule has 3 aromatic rings. The number of hydrogen-bond acceptors (Lipinski definition) is 7. The Morgan fingerprint density at radius 1 is 1.13 bits per heavy atom. The van der Waals surface area contributed by atoms with E-state index in [4.69, 9.17) is 21.3 Å². The lowest BCUT2D eigenvalue weighted by molar-refractivity contribution is -0.131. The van der Waals surface area contributed by atoms with Crippen LogP contribution in [0.4, 0.5) is 17.3 Å². The molecule has 1 saturated carbocycles. The molecule has 8 nitrogen and oxygen atoms in total. The van der Waals surface area contributed by atoms with Crippen LogP contribution in [0.5, 0.6) is 0 Å². The number of ether oxygens (including phenoxy) is 1. The van der Waals surface area contributed by atoms with E-state index < -0.39 is 0 Å². The van der Waals surface area contributed by atoms with Gasteiger partial charge in [-0.1, -0.05) is 11.6 Å². The van der Waals surface area contributed by atoms with Gasteiger partial charge in [0.05, 0.1) is 52.9 Å². The van der Waals surface area contributed by atoms with Gasteiger partial charge in [0.15, 0.2) is 0 Å². The average molecular weight is 440 g/mol. The predicted molar refractivity (Wildman–Crippen MR) is 121 cm³/mol. The van der Waals surface area contributed by atoms with E-state index in [1.165, 1.54) is 12.8 Å². The van der Waals surface area contributed by atoms with Gasteiger partial charge in [0.1, 0.15) is 0 Å². The molecule has 4 heterocycles. The van der Waals surface area contributed by atoms with E-state index >= 15 is 0 Å². The van der Waals surface area contributed by atoms with Crippen molar-refractivity contribution in [1.82, 2.24) is 24.6 Å². The first-order valence-corrected chi connectivity index (χ1v) is 11.3. The molecule has 0 amide bonds. The SMILES string of the molecule is CC1(N2CCN(c3cc4nc(Nc5cnn(C6CC6)c5)ncc4cc3Cl)CC2)COC1.